The van der Waals surface area contributed by atoms with Gasteiger partial charge in [-0.15, -0.1) is 11.3 Å². The Labute approximate surface area is 153 Å². The summed E-state index contributed by atoms with van der Waals surface area (Å²) in [5, 5.41) is 1.73. The van der Waals surface area contributed by atoms with E-state index in [1.807, 2.05) is 0 Å². The number of morpholine rings is 1. The van der Waals surface area contributed by atoms with Crippen molar-refractivity contribution in [1.29, 1.82) is 0 Å². The highest BCUT2D eigenvalue weighted by molar-refractivity contribution is 7.92. The molecule has 0 aliphatic carbocycles. The van der Waals surface area contributed by atoms with Gasteiger partial charge in [0.1, 0.15) is 4.21 Å². The second-order valence-corrected chi connectivity index (χ2v) is 11.7. The topological polar surface area (TPSA) is 84.0 Å². The van der Waals surface area contributed by atoms with Crippen LogP contribution in [-0.4, -0.2) is 83.0 Å². The highest BCUT2D eigenvalue weighted by Crippen LogP contribution is 2.27. The minimum atomic E-state index is -3.65. The summed E-state index contributed by atoms with van der Waals surface area (Å²) in [5.74, 6) is -0.00719. The monoisotopic (exact) mass is 408 g/mol. The third-order valence-corrected chi connectivity index (χ3v) is 9.71. The molecular formula is C15H24N2O5S3. The lowest BCUT2D eigenvalue weighted by Gasteiger charge is -2.30. The fourth-order valence-corrected chi connectivity index (χ4v) is 7.94. The van der Waals surface area contributed by atoms with Crippen LogP contribution in [0.3, 0.4) is 0 Å². The Morgan fingerprint density at radius 1 is 1.32 bits per heavy atom. The first kappa shape index (κ1) is 19.2. The van der Waals surface area contributed by atoms with E-state index in [9.17, 15) is 16.8 Å². The summed E-state index contributed by atoms with van der Waals surface area (Å²) in [6.07, 6.45) is 1.06. The standard InChI is InChI=1S/C15H24N2O5S3/c18-24(19)12-4-14(13-24)17(25(20,21)15-3-1-11-23-15)6-2-5-16-7-9-22-10-8-16/h1,3,11,14H,2,4-10,12-13H2/t14-/m1/s1. The van der Waals surface area contributed by atoms with Crippen LogP contribution in [0.4, 0.5) is 0 Å². The molecule has 0 spiro atoms. The van der Waals surface area contributed by atoms with Crippen LogP contribution in [0.1, 0.15) is 12.8 Å². The van der Waals surface area contributed by atoms with E-state index in [1.165, 1.54) is 15.6 Å². The minimum absolute atomic E-state index is 0.0671. The Bertz CT molecular complexity index is 755. The molecule has 3 heterocycles. The van der Waals surface area contributed by atoms with Crippen molar-refractivity contribution in [3.63, 3.8) is 0 Å². The van der Waals surface area contributed by atoms with E-state index in [-0.39, 0.29) is 15.7 Å². The van der Waals surface area contributed by atoms with Crippen LogP contribution in [0.5, 0.6) is 0 Å². The van der Waals surface area contributed by atoms with Crippen molar-refractivity contribution < 1.29 is 21.6 Å². The molecule has 2 saturated heterocycles. The van der Waals surface area contributed by atoms with E-state index in [4.69, 9.17) is 4.74 Å². The van der Waals surface area contributed by atoms with Crippen molar-refractivity contribution in [2.45, 2.75) is 23.1 Å². The van der Waals surface area contributed by atoms with Gasteiger partial charge in [0.05, 0.1) is 24.7 Å². The molecule has 1 atom stereocenters. The van der Waals surface area contributed by atoms with Crippen LogP contribution in [0.2, 0.25) is 0 Å². The maximum absolute atomic E-state index is 13.0. The highest BCUT2D eigenvalue weighted by Gasteiger charge is 2.38. The van der Waals surface area contributed by atoms with Gasteiger partial charge in [-0.2, -0.15) is 4.31 Å². The molecule has 0 aromatic carbocycles. The zero-order valence-corrected chi connectivity index (χ0v) is 16.5. The molecular weight excluding hydrogens is 384 g/mol. The molecule has 0 radical (unpaired) electrons. The Hall–Kier alpha value is -0.520. The summed E-state index contributed by atoms with van der Waals surface area (Å²) in [4.78, 5) is 2.25. The van der Waals surface area contributed by atoms with Gasteiger partial charge in [0.15, 0.2) is 9.84 Å². The van der Waals surface area contributed by atoms with Crippen molar-refractivity contribution in [3.8, 4) is 0 Å². The Morgan fingerprint density at radius 2 is 2.08 bits per heavy atom. The fraction of sp³-hybridized carbons (Fsp3) is 0.733. The molecule has 7 nitrogen and oxygen atoms in total. The van der Waals surface area contributed by atoms with Crippen LogP contribution in [0.15, 0.2) is 21.7 Å². The average Bonchev–Trinajstić information content (AvgIpc) is 3.22. The molecule has 0 amide bonds. The van der Waals surface area contributed by atoms with Crippen LogP contribution in [-0.2, 0) is 24.6 Å². The molecule has 2 fully saturated rings. The van der Waals surface area contributed by atoms with Crippen molar-refractivity contribution in [2.24, 2.45) is 0 Å². The first-order chi connectivity index (χ1) is 11.9. The number of hydrogen-bond donors (Lipinski definition) is 0. The molecule has 142 valence electrons. The highest BCUT2D eigenvalue weighted by atomic mass is 32.2. The summed E-state index contributed by atoms with van der Waals surface area (Å²) < 4.78 is 56.7. The SMILES string of the molecule is O=S1(=O)CC[C@@H](N(CCCN2CCOCC2)S(=O)(=O)c2cccs2)C1. The quantitative estimate of drug-likeness (QED) is 0.659. The van der Waals surface area contributed by atoms with Crippen molar-refractivity contribution in [2.75, 3.05) is 50.9 Å². The van der Waals surface area contributed by atoms with E-state index in [0.717, 1.165) is 19.6 Å². The summed E-state index contributed by atoms with van der Waals surface area (Å²) >= 11 is 1.17. The molecule has 1 aromatic heterocycles. The van der Waals surface area contributed by atoms with E-state index >= 15 is 0 Å². The zero-order valence-electron chi connectivity index (χ0n) is 14.0. The van der Waals surface area contributed by atoms with Crippen LogP contribution < -0.4 is 0 Å². The molecule has 3 rings (SSSR count). The maximum Gasteiger partial charge on any atom is 0.252 e. The Kier molecular flexibility index (Phi) is 6.17. The lowest BCUT2D eigenvalue weighted by Crippen LogP contribution is -2.43. The number of sulfone groups is 1. The van der Waals surface area contributed by atoms with Crippen molar-refractivity contribution in [1.82, 2.24) is 9.21 Å². The number of ether oxygens (including phenoxy) is 1. The molecule has 2 aliphatic rings. The number of nitrogens with zero attached hydrogens (tertiary/aromatic N) is 2. The van der Waals surface area contributed by atoms with Gasteiger partial charge in [0.2, 0.25) is 0 Å². The van der Waals surface area contributed by atoms with Gasteiger partial charge in [-0.05, 0) is 30.8 Å². The number of thiophene rings is 1. The van der Waals surface area contributed by atoms with E-state index < -0.39 is 25.9 Å². The van der Waals surface area contributed by atoms with E-state index in [2.05, 4.69) is 4.90 Å². The molecule has 0 unspecified atom stereocenters. The van der Waals surface area contributed by atoms with Crippen molar-refractivity contribution >= 4 is 31.2 Å². The van der Waals surface area contributed by atoms with E-state index in [0.29, 0.717) is 32.6 Å². The second kappa shape index (κ2) is 8.01. The van der Waals surface area contributed by atoms with Gasteiger partial charge in [0.25, 0.3) is 10.0 Å². The lowest BCUT2D eigenvalue weighted by atomic mass is 10.2. The summed E-state index contributed by atoms with van der Waals surface area (Å²) in [5.41, 5.74) is 0. The minimum Gasteiger partial charge on any atom is -0.379 e. The third-order valence-electron chi connectivity index (χ3n) is 4.63. The van der Waals surface area contributed by atoms with Crippen LogP contribution >= 0.6 is 11.3 Å². The predicted octanol–water partition coefficient (Wildman–Crippen LogP) is 0.648. The van der Waals surface area contributed by atoms with Crippen LogP contribution in [0.25, 0.3) is 0 Å². The van der Waals surface area contributed by atoms with Gasteiger partial charge in [0, 0.05) is 25.7 Å². The Balaban J connectivity index is 1.70. The van der Waals surface area contributed by atoms with Crippen molar-refractivity contribution in [3.05, 3.63) is 17.5 Å². The number of hydrogen-bond acceptors (Lipinski definition) is 7. The first-order valence-corrected chi connectivity index (χ1v) is 12.6. The third kappa shape index (κ3) is 4.81. The predicted molar refractivity (Wildman–Crippen MR) is 97.1 cm³/mol. The molecule has 1 aromatic rings. The van der Waals surface area contributed by atoms with E-state index in [1.54, 1.807) is 17.5 Å². The normalized spacial score (nSPS) is 24.8. The summed E-state index contributed by atoms with van der Waals surface area (Å²) in [6, 6.07) is 2.83. The van der Waals surface area contributed by atoms with Crippen LogP contribution in [0, 0.1) is 0 Å². The van der Waals surface area contributed by atoms with Gasteiger partial charge >= 0.3 is 0 Å². The molecule has 10 heteroatoms. The first-order valence-electron chi connectivity index (χ1n) is 8.44. The van der Waals surface area contributed by atoms with Gasteiger partial charge in [-0.25, -0.2) is 16.8 Å². The molecule has 25 heavy (non-hydrogen) atoms. The molecule has 2 aliphatic heterocycles. The summed E-state index contributed by atoms with van der Waals surface area (Å²) in [6.45, 7) is 4.26. The van der Waals surface area contributed by atoms with Gasteiger partial charge in [-0.1, -0.05) is 6.07 Å². The largest absolute Gasteiger partial charge is 0.379 e. The average molecular weight is 409 g/mol. The Morgan fingerprint density at radius 3 is 2.68 bits per heavy atom. The zero-order chi connectivity index (χ0) is 17.9. The molecule has 0 N–H and O–H groups in total. The number of rotatable bonds is 7. The summed E-state index contributed by atoms with van der Waals surface area (Å²) in [7, 11) is -6.79. The fourth-order valence-electron chi connectivity index (χ4n) is 3.30. The molecule has 0 saturated carbocycles. The molecule has 0 bridgehead atoms. The lowest BCUT2D eigenvalue weighted by molar-refractivity contribution is 0.0367. The van der Waals surface area contributed by atoms with Gasteiger partial charge in [-0.3, -0.25) is 4.90 Å². The van der Waals surface area contributed by atoms with Gasteiger partial charge < -0.3 is 4.74 Å². The maximum atomic E-state index is 13.0. The smallest absolute Gasteiger partial charge is 0.252 e. The second-order valence-electron chi connectivity index (χ2n) is 6.41. The number of sulfonamides is 1.